The SMILES string of the molecule is CCNC(=O)c1ccc(CNS(=O)(=O)c2ccc(F)c(C)c2)cc1. The minimum Gasteiger partial charge on any atom is -0.352 e. The quantitative estimate of drug-likeness (QED) is 0.840. The van der Waals surface area contributed by atoms with Gasteiger partial charge in [0.25, 0.3) is 5.91 Å². The van der Waals surface area contributed by atoms with Gasteiger partial charge in [-0.3, -0.25) is 4.79 Å². The fourth-order valence-electron chi connectivity index (χ4n) is 2.08. The molecule has 0 radical (unpaired) electrons. The predicted octanol–water partition coefficient (Wildman–Crippen LogP) is 2.36. The van der Waals surface area contributed by atoms with Gasteiger partial charge in [0.2, 0.25) is 10.0 Å². The maximum absolute atomic E-state index is 13.2. The molecule has 7 heteroatoms. The molecule has 1 amide bonds. The second-order valence-corrected chi connectivity index (χ2v) is 7.06. The van der Waals surface area contributed by atoms with Gasteiger partial charge in [0.15, 0.2) is 0 Å². The molecule has 2 aromatic carbocycles. The number of hydrogen-bond donors (Lipinski definition) is 2. The van der Waals surface area contributed by atoms with E-state index >= 15 is 0 Å². The Bertz CT molecular complexity index is 833. The molecule has 24 heavy (non-hydrogen) atoms. The van der Waals surface area contributed by atoms with Crippen molar-refractivity contribution in [2.75, 3.05) is 6.54 Å². The molecule has 5 nitrogen and oxygen atoms in total. The van der Waals surface area contributed by atoms with E-state index < -0.39 is 15.8 Å². The van der Waals surface area contributed by atoms with E-state index in [4.69, 9.17) is 0 Å². The van der Waals surface area contributed by atoms with Crippen molar-refractivity contribution in [1.82, 2.24) is 10.0 Å². The van der Waals surface area contributed by atoms with Crippen LogP contribution in [0, 0.1) is 12.7 Å². The molecule has 2 rings (SSSR count). The highest BCUT2D eigenvalue weighted by molar-refractivity contribution is 7.89. The van der Waals surface area contributed by atoms with E-state index in [0.29, 0.717) is 17.7 Å². The zero-order valence-corrected chi connectivity index (χ0v) is 14.3. The second kappa shape index (κ2) is 7.55. The lowest BCUT2D eigenvalue weighted by Gasteiger charge is -2.09. The van der Waals surface area contributed by atoms with Gasteiger partial charge in [-0.1, -0.05) is 12.1 Å². The molecule has 0 aliphatic carbocycles. The van der Waals surface area contributed by atoms with E-state index in [1.807, 2.05) is 6.92 Å². The van der Waals surface area contributed by atoms with Gasteiger partial charge >= 0.3 is 0 Å². The Morgan fingerprint density at radius 3 is 2.38 bits per heavy atom. The van der Waals surface area contributed by atoms with Crippen LogP contribution in [0.25, 0.3) is 0 Å². The molecule has 0 saturated heterocycles. The van der Waals surface area contributed by atoms with Gasteiger partial charge in [-0.2, -0.15) is 0 Å². The Morgan fingerprint density at radius 1 is 1.12 bits per heavy atom. The number of benzene rings is 2. The number of halogens is 1. The number of nitrogens with one attached hydrogen (secondary N) is 2. The van der Waals surface area contributed by atoms with Crippen molar-refractivity contribution in [1.29, 1.82) is 0 Å². The van der Waals surface area contributed by atoms with Crippen molar-refractivity contribution in [3.05, 3.63) is 65.0 Å². The summed E-state index contributed by atoms with van der Waals surface area (Å²) in [4.78, 5) is 11.7. The zero-order chi connectivity index (χ0) is 17.7. The number of amides is 1. The molecule has 0 aliphatic heterocycles. The molecule has 0 spiro atoms. The van der Waals surface area contributed by atoms with Gasteiger partial charge in [-0.25, -0.2) is 17.5 Å². The van der Waals surface area contributed by atoms with E-state index in [1.165, 1.54) is 19.1 Å². The topological polar surface area (TPSA) is 75.3 Å². The van der Waals surface area contributed by atoms with Crippen LogP contribution in [0.2, 0.25) is 0 Å². The molecule has 2 N–H and O–H groups in total. The maximum Gasteiger partial charge on any atom is 0.251 e. The van der Waals surface area contributed by atoms with Crippen molar-refractivity contribution in [2.24, 2.45) is 0 Å². The third-order valence-corrected chi connectivity index (χ3v) is 4.86. The van der Waals surface area contributed by atoms with Crippen LogP contribution in [0.1, 0.15) is 28.4 Å². The van der Waals surface area contributed by atoms with Gasteiger partial charge in [-0.05, 0) is 55.3 Å². The maximum atomic E-state index is 13.2. The van der Waals surface area contributed by atoms with Crippen LogP contribution in [-0.4, -0.2) is 20.9 Å². The summed E-state index contributed by atoms with van der Waals surface area (Å²) in [6.45, 7) is 3.96. The average Bonchev–Trinajstić information content (AvgIpc) is 2.56. The van der Waals surface area contributed by atoms with E-state index in [9.17, 15) is 17.6 Å². The summed E-state index contributed by atoms with van der Waals surface area (Å²) in [7, 11) is -3.73. The first-order valence-electron chi connectivity index (χ1n) is 7.46. The first-order chi connectivity index (χ1) is 11.3. The van der Waals surface area contributed by atoms with E-state index in [2.05, 4.69) is 10.0 Å². The molecule has 0 fully saturated rings. The summed E-state index contributed by atoms with van der Waals surface area (Å²) in [5.41, 5.74) is 1.49. The van der Waals surface area contributed by atoms with Gasteiger partial charge in [0.1, 0.15) is 5.82 Å². The standard InChI is InChI=1S/C17H19FN2O3S/c1-3-19-17(21)14-6-4-13(5-7-14)11-20-24(22,23)15-8-9-16(18)12(2)10-15/h4-10,20H,3,11H2,1-2H3,(H,19,21). The van der Waals surface area contributed by atoms with Crippen molar-refractivity contribution >= 4 is 15.9 Å². The number of aryl methyl sites for hydroxylation is 1. The van der Waals surface area contributed by atoms with Crippen molar-refractivity contribution in [3.8, 4) is 0 Å². The highest BCUT2D eigenvalue weighted by Gasteiger charge is 2.15. The lowest BCUT2D eigenvalue weighted by atomic mass is 10.1. The number of carbonyl (C=O) groups is 1. The predicted molar refractivity (Wildman–Crippen MR) is 89.6 cm³/mol. The van der Waals surface area contributed by atoms with Gasteiger partial charge < -0.3 is 5.32 Å². The van der Waals surface area contributed by atoms with Crippen LogP contribution in [-0.2, 0) is 16.6 Å². The lowest BCUT2D eigenvalue weighted by molar-refractivity contribution is 0.0956. The molecule has 2 aromatic rings. The number of sulfonamides is 1. The fraction of sp³-hybridized carbons (Fsp3) is 0.235. The Labute approximate surface area is 141 Å². The minimum absolute atomic E-state index is 0.0142. The Kier molecular flexibility index (Phi) is 5.69. The Morgan fingerprint density at radius 2 is 1.79 bits per heavy atom. The summed E-state index contributed by atoms with van der Waals surface area (Å²) < 4.78 is 40.2. The van der Waals surface area contributed by atoms with E-state index in [1.54, 1.807) is 24.3 Å². The molecule has 0 unspecified atom stereocenters. The largest absolute Gasteiger partial charge is 0.352 e. The average molecular weight is 350 g/mol. The number of carbonyl (C=O) groups excluding carboxylic acids is 1. The van der Waals surface area contributed by atoms with E-state index in [-0.39, 0.29) is 22.9 Å². The molecular weight excluding hydrogens is 331 g/mol. The van der Waals surface area contributed by atoms with Crippen LogP contribution in [0.3, 0.4) is 0 Å². The summed E-state index contributed by atoms with van der Waals surface area (Å²) in [5, 5.41) is 2.69. The first kappa shape index (κ1) is 18.1. The molecule has 0 bridgehead atoms. The van der Waals surface area contributed by atoms with E-state index in [0.717, 1.165) is 6.07 Å². The van der Waals surface area contributed by atoms with Gasteiger partial charge in [0, 0.05) is 18.7 Å². The fourth-order valence-corrected chi connectivity index (χ4v) is 3.19. The molecule has 0 aromatic heterocycles. The first-order valence-corrected chi connectivity index (χ1v) is 8.95. The molecule has 0 atom stereocenters. The molecule has 0 aliphatic rings. The third kappa shape index (κ3) is 4.39. The van der Waals surface area contributed by atoms with Crippen LogP contribution in [0.4, 0.5) is 4.39 Å². The van der Waals surface area contributed by atoms with Gasteiger partial charge in [0.05, 0.1) is 4.90 Å². The Hall–Kier alpha value is -2.25. The monoisotopic (exact) mass is 350 g/mol. The Balaban J connectivity index is 2.06. The molecular formula is C17H19FN2O3S. The number of hydrogen-bond acceptors (Lipinski definition) is 3. The van der Waals surface area contributed by atoms with Crippen molar-refractivity contribution < 1.29 is 17.6 Å². The van der Waals surface area contributed by atoms with Crippen LogP contribution >= 0.6 is 0 Å². The molecule has 0 heterocycles. The smallest absolute Gasteiger partial charge is 0.251 e. The van der Waals surface area contributed by atoms with Crippen LogP contribution in [0.5, 0.6) is 0 Å². The normalized spacial score (nSPS) is 11.3. The summed E-state index contributed by atoms with van der Waals surface area (Å²) in [6, 6.07) is 10.3. The van der Waals surface area contributed by atoms with Gasteiger partial charge in [-0.15, -0.1) is 0 Å². The summed E-state index contributed by atoms with van der Waals surface area (Å²) in [5.74, 6) is -0.624. The highest BCUT2D eigenvalue weighted by atomic mass is 32.2. The van der Waals surface area contributed by atoms with Crippen LogP contribution in [0.15, 0.2) is 47.4 Å². The van der Waals surface area contributed by atoms with Crippen molar-refractivity contribution in [3.63, 3.8) is 0 Å². The molecule has 0 saturated carbocycles. The highest BCUT2D eigenvalue weighted by Crippen LogP contribution is 2.14. The zero-order valence-electron chi connectivity index (χ0n) is 13.5. The van der Waals surface area contributed by atoms with Crippen molar-refractivity contribution in [2.45, 2.75) is 25.3 Å². The molecule has 128 valence electrons. The third-order valence-electron chi connectivity index (χ3n) is 3.46. The minimum atomic E-state index is -3.73. The summed E-state index contributed by atoms with van der Waals surface area (Å²) >= 11 is 0. The van der Waals surface area contributed by atoms with Crippen LogP contribution < -0.4 is 10.0 Å². The number of rotatable bonds is 6. The lowest BCUT2D eigenvalue weighted by Crippen LogP contribution is -2.24. The summed E-state index contributed by atoms with van der Waals surface area (Å²) in [6.07, 6.45) is 0. The second-order valence-electron chi connectivity index (χ2n) is 5.29.